The maximum Gasteiger partial charge on any atom is 0.237 e. The molecule has 1 aliphatic rings. The second kappa shape index (κ2) is 6.36. The van der Waals surface area contributed by atoms with E-state index in [1.54, 1.807) is 0 Å². The number of rotatable bonds is 8. The highest BCUT2D eigenvalue weighted by Gasteiger charge is 2.42. The van der Waals surface area contributed by atoms with E-state index < -0.39 is 6.04 Å². The summed E-state index contributed by atoms with van der Waals surface area (Å²) in [7, 11) is 0. The van der Waals surface area contributed by atoms with Crippen molar-refractivity contribution in [3.05, 3.63) is 0 Å². The average molecular weight is 242 g/mol. The summed E-state index contributed by atoms with van der Waals surface area (Å²) in [4.78, 5) is 11.7. The number of ether oxygens (including phenoxy) is 1. The van der Waals surface area contributed by atoms with Crippen molar-refractivity contribution >= 4 is 5.91 Å². The van der Waals surface area contributed by atoms with Gasteiger partial charge in [0.25, 0.3) is 0 Å². The molecule has 1 amide bonds. The third-order valence-electron chi connectivity index (χ3n) is 3.60. The maximum absolute atomic E-state index is 11.7. The van der Waals surface area contributed by atoms with Crippen LogP contribution in [0.3, 0.4) is 0 Å². The van der Waals surface area contributed by atoms with Crippen molar-refractivity contribution in [2.75, 3.05) is 19.8 Å². The van der Waals surface area contributed by atoms with Crippen LogP contribution in [-0.2, 0) is 9.53 Å². The largest absolute Gasteiger partial charge is 0.382 e. The topological polar surface area (TPSA) is 64.3 Å². The van der Waals surface area contributed by atoms with Gasteiger partial charge in [-0.05, 0) is 37.5 Å². The lowest BCUT2D eigenvalue weighted by Gasteiger charge is -2.19. The van der Waals surface area contributed by atoms with Crippen LogP contribution in [0.25, 0.3) is 0 Å². The van der Waals surface area contributed by atoms with Crippen LogP contribution in [0.5, 0.6) is 0 Å². The van der Waals surface area contributed by atoms with Crippen LogP contribution < -0.4 is 11.1 Å². The van der Waals surface area contributed by atoms with E-state index in [-0.39, 0.29) is 11.8 Å². The fourth-order valence-electron chi connectivity index (χ4n) is 1.82. The van der Waals surface area contributed by atoms with E-state index in [1.165, 1.54) is 12.8 Å². The Morgan fingerprint density at radius 2 is 2.12 bits per heavy atom. The van der Waals surface area contributed by atoms with Crippen molar-refractivity contribution in [1.29, 1.82) is 0 Å². The van der Waals surface area contributed by atoms with E-state index in [2.05, 4.69) is 5.32 Å². The number of nitrogens with one attached hydrogen (secondary N) is 1. The standard InChI is InChI=1S/C13H26N2O2/c1-4-17-8-7-13(5-6-13)9-15-12(16)11(14)10(2)3/h10-11H,4-9,14H2,1-3H3,(H,15,16)/t11-/m0/s1. The van der Waals surface area contributed by atoms with Gasteiger partial charge < -0.3 is 15.8 Å². The number of amides is 1. The van der Waals surface area contributed by atoms with Crippen molar-refractivity contribution in [2.24, 2.45) is 17.1 Å². The number of hydrogen-bond donors (Lipinski definition) is 2. The van der Waals surface area contributed by atoms with Gasteiger partial charge in [0.2, 0.25) is 5.91 Å². The molecule has 0 aromatic heterocycles. The average Bonchev–Trinajstić information content (AvgIpc) is 3.06. The molecule has 0 spiro atoms. The third-order valence-corrected chi connectivity index (χ3v) is 3.60. The zero-order valence-electron chi connectivity index (χ0n) is 11.3. The molecule has 1 atom stereocenters. The van der Waals surface area contributed by atoms with Crippen LogP contribution in [-0.4, -0.2) is 31.7 Å². The summed E-state index contributed by atoms with van der Waals surface area (Å²) in [5.41, 5.74) is 6.09. The first-order chi connectivity index (χ1) is 8.01. The summed E-state index contributed by atoms with van der Waals surface area (Å²) in [6, 6.07) is -0.391. The fourth-order valence-corrected chi connectivity index (χ4v) is 1.82. The van der Waals surface area contributed by atoms with E-state index in [4.69, 9.17) is 10.5 Å². The first-order valence-corrected chi connectivity index (χ1v) is 6.62. The number of nitrogens with two attached hydrogens (primary N) is 1. The van der Waals surface area contributed by atoms with Gasteiger partial charge in [-0.3, -0.25) is 4.79 Å². The van der Waals surface area contributed by atoms with Crippen LogP contribution in [0.15, 0.2) is 0 Å². The SMILES string of the molecule is CCOCCC1(CNC(=O)[C@@H](N)C(C)C)CC1. The second-order valence-corrected chi connectivity index (χ2v) is 5.43. The zero-order valence-corrected chi connectivity index (χ0v) is 11.3. The van der Waals surface area contributed by atoms with E-state index >= 15 is 0 Å². The van der Waals surface area contributed by atoms with Gasteiger partial charge in [-0.2, -0.15) is 0 Å². The molecule has 4 heteroatoms. The predicted molar refractivity (Wildman–Crippen MR) is 68.6 cm³/mol. The lowest BCUT2D eigenvalue weighted by Crippen LogP contribution is -2.45. The van der Waals surface area contributed by atoms with Crippen molar-refractivity contribution < 1.29 is 9.53 Å². The highest BCUT2D eigenvalue weighted by Crippen LogP contribution is 2.48. The van der Waals surface area contributed by atoms with Crippen molar-refractivity contribution in [1.82, 2.24) is 5.32 Å². The molecule has 1 saturated carbocycles. The van der Waals surface area contributed by atoms with Gasteiger partial charge in [0.1, 0.15) is 0 Å². The van der Waals surface area contributed by atoms with Crippen molar-refractivity contribution in [3.63, 3.8) is 0 Å². The van der Waals surface area contributed by atoms with Gasteiger partial charge in [-0.15, -0.1) is 0 Å². The molecule has 4 nitrogen and oxygen atoms in total. The Morgan fingerprint density at radius 1 is 1.47 bits per heavy atom. The van der Waals surface area contributed by atoms with Gasteiger partial charge in [0, 0.05) is 19.8 Å². The molecule has 1 rings (SSSR count). The molecule has 0 aliphatic heterocycles. The number of hydrogen-bond acceptors (Lipinski definition) is 3. The molecule has 1 fully saturated rings. The third kappa shape index (κ3) is 4.64. The molecular formula is C13H26N2O2. The van der Waals surface area contributed by atoms with Crippen LogP contribution >= 0.6 is 0 Å². The quantitative estimate of drug-likeness (QED) is 0.630. The molecular weight excluding hydrogens is 216 g/mol. The number of carbonyl (C=O) groups is 1. The van der Waals surface area contributed by atoms with Gasteiger partial charge in [0.05, 0.1) is 6.04 Å². The minimum absolute atomic E-state index is 0.0253. The van der Waals surface area contributed by atoms with Gasteiger partial charge in [-0.1, -0.05) is 13.8 Å². The van der Waals surface area contributed by atoms with Crippen LogP contribution in [0.4, 0.5) is 0 Å². The Kier molecular flexibility index (Phi) is 5.40. The molecule has 0 radical (unpaired) electrons. The van der Waals surface area contributed by atoms with Crippen LogP contribution in [0.1, 0.15) is 40.0 Å². The maximum atomic E-state index is 11.7. The van der Waals surface area contributed by atoms with Crippen molar-refractivity contribution in [2.45, 2.75) is 46.1 Å². The van der Waals surface area contributed by atoms with Crippen LogP contribution in [0.2, 0.25) is 0 Å². The molecule has 17 heavy (non-hydrogen) atoms. The molecule has 3 N–H and O–H groups in total. The molecule has 0 heterocycles. The Balaban J connectivity index is 2.23. The molecule has 1 aliphatic carbocycles. The van der Waals surface area contributed by atoms with Crippen molar-refractivity contribution in [3.8, 4) is 0 Å². The summed E-state index contributed by atoms with van der Waals surface area (Å²) in [6.07, 6.45) is 3.42. The number of carbonyl (C=O) groups excluding carboxylic acids is 1. The molecule has 100 valence electrons. The Bertz CT molecular complexity index is 250. The minimum atomic E-state index is -0.391. The van der Waals surface area contributed by atoms with E-state index in [0.717, 1.165) is 26.2 Å². The summed E-state index contributed by atoms with van der Waals surface area (Å²) in [5, 5.41) is 2.97. The zero-order chi connectivity index (χ0) is 12.9. The summed E-state index contributed by atoms with van der Waals surface area (Å²) in [6.45, 7) is 8.24. The monoisotopic (exact) mass is 242 g/mol. The first kappa shape index (κ1) is 14.5. The summed E-state index contributed by atoms with van der Waals surface area (Å²) >= 11 is 0. The fraction of sp³-hybridized carbons (Fsp3) is 0.923. The Hall–Kier alpha value is -0.610. The molecule has 0 aromatic carbocycles. The summed E-state index contributed by atoms with van der Waals surface area (Å²) in [5.74, 6) is 0.163. The van der Waals surface area contributed by atoms with E-state index in [1.807, 2.05) is 20.8 Å². The van der Waals surface area contributed by atoms with Gasteiger partial charge in [0.15, 0.2) is 0 Å². The minimum Gasteiger partial charge on any atom is -0.382 e. The highest BCUT2D eigenvalue weighted by atomic mass is 16.5. The smallest absolute Gasteiger partial charge is 0.237 e. The Morgan fingerprint density at radius 3 is 2.59 bits per heavy atom. The lowest BCUT2D eigenvalue weighted by molar-refractivity contribution is -0.123. The highest BCUT2D eigenvalue weighted by molar-refractivity contribution is 5.81. The summed E-state index contributed by atoms with van der Waals surface area (Å²) < 4.78 is 5.36. The van der Waals surface area contributed by atoms with E-state index in [0.29, 0.717) is 5.41 Å². The molecule has 0 aromatic rings. The van der Waals surface area contributed by atoms with E-state index in [9.17, 15) is 4.79 Å². The normalized spacial score (nSPS) is 19.1. The van der Waals surface area contributed by atoms with Gasteiger partial charge in [-0.25, -0.2) is 0 Å². The molecule has 0 saturated heterocycles. The lowest BCUT2D eigenvalue weighted by atomic mass is 10.0. The predicted octanol–water partition coefficient (Wildman–Crippen LogP) is 1.29. The first-order valence-electron chi connectivity index (χ1n) is 6.62. The molecule has 0 bridgehead atoms. The second-order valence-electron chi connectivity index (χ2n) is 5.43. The van der Waals surface area contributed by atoms with Crippen LogP contribution in [0, 0.1) is 11.3 Å². The molecule has 0 unspecified atom stereocenters. The van der Waals surface area contributed by atoms with Gasteiger partial charge >= 0.3 is 0 Å². The Labute approximate surface area is 104 Å².